The van der Waals surface area contributed by atoms with Gasteiger partial charge in [-0.05, 0) is 24.3 Å². The maximum Gasteiger partial charge on any atom is 0.275 e. The molecule has 0 saturated carbocycles. The summed E-state index contributed by atoms with van der Waals surface area (Å²) in [7, 11) is 1.56. The summed E-state index contributed by atoms with van der Waals surface area (Å²) < 4.78 is 5.21. The zero-order valence-corrected chi connectivity index (χ0v) is 12.6. The van der Waals surface area contributed by atoms with Gasteiger partial charge >= 0.3 is 0 Å². The van der Waals surface area contributed by atoms with Gasteiger partial charge in [0, 0.05) is 11.6 Å². The number of para-hydroxylation sites is 2. The van der Waals surface area contributed by atoms with Gasteiger partial charge in [-0.3, -0.25) is 9.78 Å². The first-order valence-electron chi connectivity index (χ1n) is 6.59. The quantitative estimate of drug-likeness (QED) is 0.801. The molecular formula is C16H13N3O2S. The maximum absolute atomic E-state index is 12.3. The molecule has 0 radical (unpaired) electrons. The SMILES string of the molecule is COc1ccccc1NC(=O)c1csc(-c2ccccn2)n1. The van der Waals surface area contributed by atoms with Gasteiger partial charge in [0.05, 0.1) is 18.5 Å². The van der Waals surface area contributed by atoms with Crippen LogP contribution in [0.1, 0.15) is 10.5 Å². The molecule has 22 heavy (non-hydrogen) atoms. The molecule has 5 nitrogen and oxygen atoms in total. The number of anilines is 1. The molecule has 0 saturated heterocycles. The average molecular weight is 311 g/mol. The Bertz CT molecular complexity index is 787. The van der Waals surface area contributed by atoms with E-state index in [1.165, 1.54) is 11.3 Å². The van der Waals surface area contributed by atoms with Crippen molar-refractivity contribution in [2.24, 2.45) is 0 Å². The fourth-order valence-corrected chi connectivity index (χ4v) is 2.69. The number of carbonyl (C=O) groups is 1. The van der Waals surface area contributed by atoms with Gasteiger partial charge in [0.25, 0.3) is 5.91 Å². The van der Waals surface area contributed by atoms with E-state index in [-0.39, 0.29) is 5.91 Å². The Kier molecular flexibility index (Phi) is 4.11. The van der Waals surface area contributed by atoms with Crippen LogP contribution < -0.4 is 10.1 Å². The number of pyridine rings is 1. The third-order valence-corrected chi connectivity index (χ3v) is 3.84. The van der Waals surface area contributed by atoms with Crippen molar-refractivity contribution in [1.82, 2.24) is 9.97 Å². The standard InChI is InChI=1S/C16H13N3O2S/c1-21-14-8-3-2-6-11(14)18-15(20)13-10-22-16(19-13)12-7-4-5-9-17-12/h2-10H,1H3,(H,18,20). The number of hydrogen-bond acceptors (Lipinski definition) is 5. The molecule has 0 aliphatic heterocycles. The summed E-state index contributed by atoms with van der Waals surface area (Å²) in [6, 6.07) is 12.8. The van der Waals surface area contributed by atoms with Crippen LogP contribution in [0.15, 0.2) is 54.0 Å². The van der Waals surface area contributed by atoms with Gasteiger partial charge in [-0.25, -0.2) is 4.98 Å². The van der Waals surface area contributed by atoms with Crippen molar-refractivity contribution in [3.63, 3.8) is 0 Å². The number of rotatable bonds is 4. The summed E-state index contributed by atoms with van der Waals surface area (Å²) in [6.45, 7) is 0. The van der Waals surface area contributed by atoms with E-state index < -0.39 is 0 Å². The Morgan fingerprint density at radius 1 is 1.18 bits per heavy atom. The lowest BCUT2D eigenvalue weighted by atomic mass is 10.3. The van der Waals surface area contributed by atoms with Crippen molar-refractivity contribution in [3.05, 3.63) is 59.7 Å². The fourth-order valence-electron chi connectivity index (χ4n) is 1.92. The number of amides is 1. The lowest BCUT2D eigenvalue weighted by molar-refractivity contribution is 0.102. The first-order valence-corrected chi connectivity index (χ1v) is 7.47. The maximum atomic E-state index is 12.3. The van der Waals surface area contributed by atoms with E-state index in [2.05, 4.69) is 15.3 Å². The predicted molar refractivity (Wildman–Crippen MR) is 86.3 cm³/mol. The Balaban J connectivity index is 1.80. The first-order chi connectivity index (χ1) is 10.8. The van der Waals surface area contributed by atoms with Crippen LogP contribution in [0.25, 0.3) is 10.7 Å². The second kappa shape index (κ2) is 6.36. The van der Waals surface area contributed by atoms with Crippen molar-refractivity contribution in [2.75, 3.05) is 12.4 Å². The highest BCUT2D eigenvalue weighted by molar-refractivity contribution is 7.13. The largest absolute Gasteiger partial charge is 0.495 e. The van der Waals surface area contributed by atoms with Gasteiger partial charge in [-0.15, -0.1) is 11.3 Å². The van der Waals surface area contributed by atoms with Gasteiger partial charge in [0.2, 0.25) is 0 Å². The van der Waals surface area contributed by atoms with Gasteiger partial charge in [-0.1, -0.05) is 18.2 Å². The highest BCUT2D eigenvalue weighted by Crippen LogP contribution is 2.25. The Labute approximate surface area is 131 Å². The van der Waals surface area contributed by atoms with Crippen molar-refractivity contribution >= 4 is 22.9 Å². The summed E-state index contributed by atoms with van der Waals surface area (Å²) >= 11 is 1.39. The summed E-state index contributed by atoms with van der Waals surface area (Å²) in [4.78, 5) is 20.8. The molecule has 0 aliphatic carbocycles. The molecule has 2 heterocycles. The van der Waals surface area contributed by atoms with E-state index in [9.17, 15) is 4.79 Å². The van der Waals surface area contributed by atoms with E-state index in [4.69, 9.17) is 4.74 Å². The van der Waals surface area contributed by atoms with Crippen molar-refractivity contribution in [3.8, 4) is 16.5 Å². The number of nitrogens with zero attached hydrogens (tertiary/aromatic N) is 2. The predicted octanol–water partition coefficient (Wildman–Crippen LogP) is 3.47. The zero-order valence-electron chi connectivity index (χ0n) is 11.8. The fraction of sp³-hybridized carbons (Fsp3) is 0.0625. The van der Waals surface area contributed by atoms with Crippen molar-refractivity contribution in [2.45, 2.75) is 0 Å². The van der Waals surface area contributed by atoms with Gasteiger partial charge in [-0.2, -0.15) is 0 Å². The van der Waals surface area contributed by atoms with E-state index in [0.717, 1.165) is 5.69 Å². The number of carbonyl (C=O) groups excluding carboxylic acids is 1. The smallest absolute Gasteiger partial charge is 0.275 e. The topological polar surface area (TPSA) is 64.1 Å². The molecule has 0 aliphatic rings. The molecular weight excluding hydrogens is 298 g/mol. The van der Waals surface area contributed by atoms with E-state index in [1.807, 2.05) is 30.3 Å². The van der Waals surface area contributed by atoms with Crippen molar-refractivity contribution < 1.29 is 9.53 Å². The van der Waals surface area contributed by atoms with E-state index in [1.54, 1.807) is 30.8 Å². The third kappa shape index (κ3) is 2.96. The number of thiazole rings is 1. The minimum Gasteiger partial charge on any atom is -0.495 e. The molecule has 6 heteroatoms. The number of hydrogen-bond donors (Lipinski definition) is 1. The minimum atomic E-state index is -0.275. The Morgan fingerprint density at radius 3 is 2.77 bits per heavy atom. The Hall–Kier alpha value is -2.73. The highest BCUT2D eigenvalue weighted by Gasteiger charge is 2.14. The van der Waals surface area contributed by atoms with Crippen LogP contribution in [0, 0.1) is 0 Å². The monoisotopic (exact) mass is 311 g/mol. The number of benzene rings is 1. The molecule has 0 atom stereocenters. The molecule has 110 valence electrons. The van der Waals surface area contributed by atoms with E-state index >= 15 is 0 Å². The van der Waals surface area contributed by atoms with Crippen LogP contribution in [0.3, 0.4) is 0 Å². The number of methoxy groups -OCH3 is 1. The zero-order chi connectivity index (χ0) is 15.4. The third-order valence-electron chi connectivity index (χ3n) is 2.98. The van der Waals surface area contributed by atoms with Gasteiger partial charge in [0.1, 0.15) is 16.5 Å². The number of nitrogens with one attached hydrogen (secondary N) is 1. The van der Waals surface area contributed by atoms with E-state index in [0.29, 0.717) is 22.1 Å². The summed E-state index contributed by atoms with van der Waals surface area (Å²) in [5.41, 5.74) is 1.72. The molecule has 0 spiro atoms. The van der Waals surface area contributed by atoms with Crippen molar-refractivity contribution in [1.29, 1.82) is 0 Å². The number of aromatic nitrogens is 2. The molecule has 0 fully saturated rings. The second-order valence-electron chi connectivity index (χ2n) is 4.41. The van der Waals surface area contributed by atoms with Crippen LogP contribution in [-0.4, -0.2) is 23.0 Å². The van der Waals surface area contributed by atoms with Crippen LogP contribution in [0.4, 0.5) is 5.69 Å². The lowest BCUT2D eigenvalue weighted by Gasteiger charge is -2.08. The molecule has 2 aromatic heterocycles. The lowest BCUT2D eigenvalue weighted by Crippen LogP contribution is -2.13. The summed E-state index contributed by atoms with van der Waals surface area (Å²) in [5.74, 6) is 0.332. The molecule has 3 rings (SSSR count). The Morgan fingerprint density at radius 2 is 2.00 bits per heavy atom. The van der Waals surface area contributed by atoms with Gasteiger partial charge in [0.15, 0.2) is 0 Å². The minimum absolute atomic E-state index is 0.275. The number of ether oxygens (including phenoxy) is 1. The molecule has 1 aromatic carbocycles. The second-order valence-corrected chi connectivity index (χ2v) is 5.27. The van der Waals surface area contributed by atoms with Crippen LogP contribution in [0.2, 0.25) is 0 Å². The summed E-state index contributed by atoms with van der Waals surface area (Å²) in [6.07, 6.45) is 1.70. The van der Waals surface area contributed by atoms with Gasteiger partial charge < -0.3 is 10.1 Å². The molecule has 0 unspecified atom stereocenters. The van der Waals surface area contributed by atoms with Crippen LogP contribution >= 0.6 is 11.3 Å². The first kappa shape index (κ1) is 14.2. The normalized spacial score (nSPS) is 10.2. The average Bonchev–Trinajstić information content (AvgIpc) is 3.06. The molecule has 0 bridgehead atoms. The highest BCUT2D eigenvalue weighted by atomic mass is 32.1. The molecule has 3 aromatic rings. The summed E-state index contributed by atoms with van der Waals surface area (Å²) in [5, 5.41) is 5.23. The van der Waals surface area contributed by atoms with Crippen LogP contribution in [-0.2, 0) is 0 Å². The molecule has 1 N–H and O–H groups in total. The van der Waals surface area contributed by atoms with Crippen LogP contribution in [0.5, 0.6) is 5.75 Å². The molecule has 1 amide bonds.